The molecule has 0 aromatic rings. The van der Waals surface area contributed by atoms with Crippen molar-refractivity contribution in [3.8, 4) is 0 Å². The maximum absolute atomic E-state index is 5.23. The molecular formula is C4H10BrOP. The summed E-state index contributed by atoms with van der Waals surface area (Å²) in [4.78, 5) is 0. The Morgan fingerprint density at radius 3 is 2.00 bits per heavy atom. The zero-order chi connectivity index (χ0) is 5.86. The van der Waals surface area contributed by atoms with Crippen LogP contribution in [-0.2, 0) is 4.52 Å². The van der Waals surface area contributed by atoms with Crippen LogP contribution in [0.2, 0.25) is 0 Å². The summed E-state index contributed by atoms with van der Waals surface area (Å²) in [7, 11) is 0. The van der Waals surface area contributed by atoms with Gasteiger partial charge >= 0.3 is 0 Å². The standard InChI is InChI=1S/C4H10BrOP/c1-4(2)6-7(3)5/h4H,1-3H3. The third-order valence-electron chi connectivity index (χ3n) is 0.356. The molecule has 0 aromatic carbocycles. The molecule has 0 saturated carbocycles. The van der Waals surface area contributed by atoms with Crippen molar-refractivity contribution in [2.45, 2.75) is 20.0 Å². The molecule has 0 aromatic heterocycles. The lowest BCUT2D eigenvalue weighted by Crippen LogP contribution is -1.93. The van der Waals surface area contributed by atoms with Crippen LogP contribution in [0.5, 0.6) is 0 Å². The molecule has 0 radical (unpaired) electrons. The van der Waals surface area contributed by atoms with E-state index in [1.54, 1.807) is 0 Å². The Hall–Kier alpha value is 0.870. The highest BCUT2D eigenvalue weighted by Crippen LogP contribution is 2.41. The van der Waals surface area contributed by atoms with E-state index >= 15 is 0 Å². The zero-order valence-electron chi connectivity index (χ0n) is 4.81. The Labute approximate surface area is 54.0 Å². The fourth-order valence-electron chi connectivity index (χ4n) is 0.291. The minimum Gasteiger partial charge on any atom is -0.345 e. The van der Waals surface area contributed by atoms with Crippen molar-refractivity contribution in [3.05, 3.63) is 0 Å². The van der Waals surface area contributed by atoms with Crippen LogP contribution in [-0.4, -0.2) is 12.8 Å². The summed E-state index contributed by atoms with van der Waals surface area (Å²) in [5.74, 6) is 0. The van der Waals surface area contributed by atoms with Crippen molar-refractivity contribution in [3.63, 3.8) is 0 Å². The second-order valence-corrected chi connectivity index (χ2v) is 5.62. The van der Waals surface area contributed by atoms with Crippen molar-refractivity contribution in [1.29, 1.82) is 0 Å². The van der Waals surface area contributed by atoms with Crippen LogP contribution >= 0.6 is 22.3 Å². The molecule has 44 valence electrons. The van der Waals surface area contributed by atoms with Crippen LogP contribution in [0.1, 0.15) is 13.8 Å². The lowest BCUT2D eigenvalue weighted by atomic mass is 10.5. The fourth-order valence-corrected chi connectivity index (χ4v) is 1.87. The molecule has 1 unspecified atom stereocenters. The first kappa shape index (κ1) is 7.87. The normalized spacial score (nSPS) is 15.0. The average molecular weight is 185 g/mol. The Balaban J connectivity index is 2.95. The van der Waals surface area contributed by atoms with E-state index in [0.717, 1.165) is 0 Å². The monoisotopic (exact) mass is 184 g/mol. The molecule has 0 N–H and O–H groups in total. The third-order valence-corrected chi connectivity index (χ3v) is 1.57. The molecule has 0 fully saturated rings. The molecule has 0 heterocycles. The summed E-state index contributed by atoms with van der Waals surface area (Å²) in [6.07, 6.45) is 0.357. The van der Waals surface area contributed by atoms with Crippen molar-refractivity contribution in [1.82, 2.24) is 0 Å². The Bertz CT molecular complexity index is 41.0. The van der Waals surface area contributed by atoms with E-state index in [9.17, 15) is 0 Å². The summed E-state index contributed by atoms with van der Waals surface area (Å²) in [5.41, 5.74) is 0. The fraction of sp³-hybridized carbons (Fsp3) is 1.00. The molecule has 0 amide bonds. The molecule has 1 nitrogen and oxygen atoms in total. The highest BCUT2D eigenvalue weighted by Gasteiger charge is 1.96. The van der Waals surface area contributed by atoms with E-state index in [1.807, 2.05) is 20.5 Å². The van der Waals surface area contributed by atoms with Gasteiger partial charge in [0.25, 0.3) is 0 Å². The van der Waals surface area contributed by atoms with Gasteiger partial charge in [0.15, 0.2) is 0 Å². The molecule has 0 bridgehead atoms. The molecule has 3 heteroatoms. The highest BCUT2D eigenvalue weighted by molar-refractivity contribution is 9.38. The van der Waals surface area contributed by atoms with Crippen LogP contribution < -0.4 is 0 Å². The predicted octanol–water partition coefficient (Wildman–Crippen LogP) is 2.75. The number of hydrogen-bond acceptors (Lipinski definition) is 1. The Kier molecular flexibility index (Phi) is 4.30. The van der Waals surface area contributed by atoms with Gasteiger partial charge in [-0.05, 0) is 36.0 Å². The molecule has 0 aliphatic carbocycles. The first-order valence-electron chi connectivity index (χ1n) is 2.19. The van der Waals surface area contributed by atoms with Crippen molar-refractivity contribution in [2.75, 3.05) is 6.66 Å². The minimum absolute atomic E-state index is 0.327. The molecule has 7 heavy (non-hydrogen) atoms. The molecule has 0 rings (SSSR count). The van der Waals surface area contributed by atoms with Crippen molar-refractivity contribution >= 4 is 22.3 Å². The molecule has 0 spiro atoms. The summed E-state index contributed by atoms with van der Waals surface area (Å²) < 4.78 is 5.23. The SMILES string of the molecule is CC(C)OP(C)Br. The van der Waals surface area contributed by atoms with E-state index in [4.69, 9.17) is 4.52 Å². The van der Waals surface area contributed by atoms with Gasteiger partial charge in [0.05, 0.1) is 13.0 Å². The lowest BCUT2D eigenvalue weighted by Gasteiger charge is -2.07. The molecular weight excluding hydrogens is 175 g/mol. The Morgan fingerprint density at radius 1 is 1.57 bits per heavy atom. The molecule has 1 atom stereocenters. The third kappa shape index (κ3) is 6.87. The predicted molar refractivity (Wildman–Crippen MR) is 38.0 cm³/mol. The highest BCUT2D eigenvalue weighted by atomic mass is 79.9. The Morgan fingerprint density at radius 2 is 2.00 bits per heavy atom. The maximum Gasteiger partial charge on any atom is 0.0956 e. The maximum atomic E-state index is 5.23. The van der Waals surface area contributed by atoms with E-state index in [0.29, 0.717) is 6.10 Å². The summed E-state index contributed by atoms with van der Waals surface area (Å²) >= 11 is 3.32. The number of hydrogen-bond donors (Lipinski definition) is 0. The topological polar surface area (TPSA) is 9.23 Å². The zero-order valence-corrected chi connectivity index (χ0v) is 7.29. The van der Waals surface area contributed by atoms with Gasteiger partial charge in [-0.1, -0.05) is 0 Å². The second-order valence-electron chi connectivity index (χ2n) is 1.57. The van der Waals surface area contributed by atoms with Crippen molar-refractivity contribution in [2.24, 2.45) is 0 Å². The number of rotatable bonds is 2. The van der Waals surface area contributed by atoms with Gasteiger partial charge in [-0.15, -0.1) is 0 Å². The van der Waals surface area contributed by atoms with Crippen LogP contribution in [0.4, 0.5) is 0 Å². The summed E-state index contributed by atoms with van der Waals surface area (Å²) in [5, 5.41) is 0. The second kappa shape index (κ2) is 3.82. The minimum atomic E-state index is -0.327. The van der Waals surface area contributed by atoms with Gasteiger partial charge in [0.2, 0.25) is 0 Å². The van der Waals surface area contributed by atoms with Gasteiger partial charge in [0.1, 0.15) is 0 Å². The van der Waals surface area contributed by atoms with Crippen LogP contribution in [0.25, 0.3) is 0 Å². The average Bonchev–Trinajstić information content (AvgIpc) is 1.27. The van der Waals surface area contributed by atoms with E-state index in [-0.39, 0.29) is 6.85 Å². The van der Waals surface area contributed by atoms with Gasteiger partial charge in [-0.3, -0.25) is 0 Å². The summed E-state index contributed by atoms with van der Waals surface area (Å²) in [6, 6.07) is 0. The van der Waals surface area contributed by atoms with Crippen molar-refractivity contribution < 1.29 is 4.52 Å². The summed E-state index contributed by atoms with van der Waals surface area (Å²) in [6.45, 7) is 5.75. The van der Waals surface area contributed by atoms with Crippen LogP contribution in [0, 0.1) is 0 Å². The first-order chi connectivity index (χ1) is 3.13. The largest absolute Gasteiger partial charge is 0.345 e. The van der Waals surface area contributed by atoms with Gasteiger partial charge in [0, 0.05) is 0 Å². The smallest absolute Gasteiger partial charge is 0.0956 e. The van der Waals surface area contributed by atoms with Gasteiger partial charge < -0.3 is 4.52 Å². The first-order valence-corrected chi connectivity index (χ1v) is 5.91. The van der Waals surface area contributed by atoms with Gasteiger partial charge in [-0.25, -0.2) is 0 Å². The lowest BCUT2D eigenvalue weighted by molar-refractivity contribution is 0.279. The quantitative estimate of drug-likeness (QED) is 0.601. The van der Waals surface area contributed by atoms with Crippen LogP contribution in [0.3, 0.4) is 0 Å². The van der Waals surface area contributed by atoms with E-state index < -0.39 is 0 Å². The van der Waals surface area contributed by atoms with Crippen LogP contribution in [0.15, 0.2) is 0 Å². The molecule has 0 saturated heterocycles. The number of halogens is 1. The molecule has 0 aliphatic rings. The van der Waals surface area contributed by atoms with E-state index in [2.05, 4.69) is 15.5 Å². The molecule has 0 aliphatic heterocycles. The van der Waals surface area contributed by atoms with Gasteiger partial charge in [-0.2, -0.15) is 0 Å². The van der Waals surface area contributed by atoms with E-state index in [1.165, 1.54) is 0 Å².